The first-order valence-corrected chi connectivity index (χ1v) is 23.8. The molecule has 5 aromatic carbocycles. The smallest absolute Gasteiger partial charge is 0.407 e. The number of hydrogen-bond acceptors (Lipinski definition) is 8. The number of methoxy groups -OCH3 is 2. The molecule has 4 heterocycles. The summed E-state index contributed by atoms with van der Waals surface area (Å²) in [5.41, 5.74) is 6.73. The van der Waals surface area contributed by atoms with E-state index in [1.807, 2.05) is 65.3 Å². The van der Waals surface area contributed by atoms with Gasteiger partial charge in [-0.15, -0.1) is 0 Å². The molecular weight excluding hydrogens is 869 g/mol. The Bertz CT molecular complexity index is 3280. The highest BCUT2D eigenvalue weighted by Gasteiger charge is 2.61. The summed E-state index contributed by atoms with van der Waals surface area (Å²) in [5.74, 6) is 2.00. The lowest BCUT2D eigenvalue weighted by Crippen LogP contribution is -2.50. The Morgan fingerprint density at radius 3 is 2.04 bits per heavy atom. The van der Waals surface area contributed by atoms with E-state index in [0.29, 0.717) is 23.0 Å². The molecule has 14 heteroatoms. The Balaban J connectivity index is 0.870. The van der Waals surface area contributed by atoms with Crippen LogP contribution in [-0.2, 0) is 19.1 Å². The van der Waals surface area contributed by atoms with Gasteiger partial charge in [0.2, 0.25) is 0 Å². The molecule has 14 nitrogen and oxygen atoms in total. The molecule has 0 unspecified atom stereocenters. The predicted octanol–water partition coefficient (Wildman–Crippen LogP) is 9.88. The van der Waals surface area contributed by atoms with Crippen LogP contribution in [0.15, 0.2) is 127 Å². The summed E-state index contributed by atoms with van der Waals surface area (Å²) in [7, 11) is 2.58. The number of alkyl carbamates (subject to hydrolysis) is 2. The molecule has 9 atom stereocenters. The second kappa shape index (κ2) is 17.4. The maximum absolute atomic E-state index is 14.5. The fraction of sp³-hybridized carbons (Fsp3) is 0.309. The molecule has 69 heavy (non-hydrogen) atoms. The summed E-state index contributed by atoms with van der Waals surface area (Å²) in [6.45, 7) is 8.21. The minimum absolute atomic E-state index is 0.0391. The monoisotopic (exact) mass is 922 g/mol. The summed E-state index contributed by atoms with van der Waals surface area (Å²) >= 11 is 0. The number of hydrogen-bond donors (Lipinski definition) is 4. The lowest BCUT2D eigenvalue weighted by Gasteiger charge is -2.36. The molecule has 11 rings (SSSR count). The Morgan fingerprint density at radius 2 is 1.39 bits per heavy atom. The number of H-pyrrole nitrogens is 2. The van der Waals surface area contributed by atoms with Crippen molar-refractivity contribution < 1.29 is 28.7 Å². The van der Waals surface area contributed by atoms with Crippen LogP contribution >= 0.6 is 0 Å². The number of nitrogens with one attached hydrogen (secondary N) is 4. The number of carbonyl (C=O) groups is 4. The van der Waals surface area contributed by atoms with Gasteiger partial charge in [-0.05, 0) is 108 Å². The first-order chi connectivity index (χ1) is 33.5. The minimum atomic E-state index is -0.998. The number of fused-ring (bicyclic) bond motifs is 9. The third-order valence-corrected chi connectivity index (χ3v) is 15.2. The van der Waals surface area contributed by atoms with E-state index in [9.17, 15) is 19.2 Å². The highest BCUT2D eigenvalue weighted by molar-refractivity contribution is 6.08. The van der Waals surface area contributed by atoms with Crippen LogP contribution in [0.3, 0.4) is 0 Å². The van der Waals surface area contributed by atoms with Crippen molar-refractivity contribution in [2.75, 3.05) is 14.2 Å². The number of rotatable bonds is 11. The standard InChI is InChI=1S/C55H54N8O6/c1-6-7-9-12-29(2)44(60-54(66)68-4)52(64)63-43(28-40-30(3)48(40)63)50-56-41-23-18-34-25-32(16-21-38(34)46(41)58-50)33-17-22-39-35(26-33)19-24-42-47(39)59-51(57-42)49-36-15-20-37(27-36)62(49)53(65)45(61-55(67)69-5)31-13-10-8-11-14-31/h6-14,16-19,21-26,30,36-37,40,43-45,48-49H,2,15,20,27-28H2,1,3-5H3,(H,56,58)(H,57,59)(H,60,66)(H,61,67)/b7-6-,12-9-/t30-,36+,37-,40+,43+,44-,45-,48-,49+/m1/s1. The molecule has 2 saturated carbocycles. The van der Waals surface area contributed by atoms with E-state index in [1.54, 1.807) is 12.2 Å². The van der Waals surface area contributed by atoms with E-state index < -0.39 is 24.3 Å². The summed E-state index contributed by atoms with van der Waals surface area (Å²) in [5, 5.41) is 9.61. The lowest BCUT2D eigenvalue weighted by atomic mass is 9.96. The van der Waals surface area contributed by atoms with Crippen molar-refractivity contribution in [1.29, 1.82) is 0 Å². The van der Waals surface area contributed by atoms with Gasteiger partial charge in [-0.2, -0.15) is 0 Å². The second-order valence-electron chi connectivity index (χ2n) is 19.0. The van der Waals surface area contributed by atoms with Gasteiger partial charge in [-0.3, -0.25) is 9.59 Å². The average molecular weight is 923 g/mol. The number of likely N-dealkylation sites (tertiary alicyclic amines) is 2. The normalized spacial score (nSPS) is 23.6. The summed E-state index contributed by atoms with van der Waals surface area (Å²) in [4.78, 5) is 75.4. The largest absolute Gasteiger partial charge is 0.453 e. The van der Waals surface area contributed by atoms with Crippen molar-refractivity contribution in [3.8, 4) is 11.1 Å². The van der Waals surface area contributed by atoms with Gasteiger partial charge in [0.25, 0.3) is 11.8 Å². The molecule has 2 bridgehead atoms. The average Bonchev–Trinajstić information content (AvgIpc) is 4.09. The van der Waals surface area contributed by atoms with E-state index in [1.165, 1.54) is 14.2 Å². The molecule has 2 aliphatic heterocycles. The van der Waals surface area contributed by atoms with Gasteiger partial charge in [-0.1, -0.05) is 105 Å². The van der Waals surface area contributed by atoms with Gasteiger partial charge in [0, 0.05) is 22.9 Å². The third kappa shape index (κ3) is 7.58. The van der Waals surface area contributed by atoms with Crippen LogP contribution in [-0.4, -0.2) is 86.1 Å². The first kappa shape index (κ1) is 43.8. The topological polar surface area (TPSA) is 175 Å². The quantitative estimate of drug-likeness (QED) is 0.0928. The van der Waals surface area contributed by atoms with Crippen molar-refractivity contribution in [1.82, 2.24) is 40.4 Å². The SMILES string of the molecule is C=C(/C=C\C=C/C)[C@@H](NC(=O)OC)C(=O)N1[C@@H]2[C@H](C)[C@@H]2C[C@H]1c1nc2c(ccc3cc(-c4ccc5c(ccc6[nH]c([C@@H]7[C@H]8CC[C@H](C8)N7C(=O)[C@H](NC(=O)OC)c7ccccc7)nc65)c4)ccc32)[nH]1. The zero-order chi connectivity index (χ0) is 47.7. The van der Waals surface area contributed by atoms with E-state index in [0.717, 1.165) is 92.1 Å². The Morgan fingerprint density at radius 1 is 0.754 bits per heavy atom. The maximum atomic E-state index is 14.5. The molecule has 2 aliphatic carbocycles. The number of piperidine rings is 2. The molecule has 7 aromatic rings. The number of allylic oxidation sites excluding steroid dienone is 3. The highest BCUT2D eigenvalue weighted by Crippen LogP contribution is 2.58. The van der Waals surface area contributed by atoms with Crippen LogP contribution in [0.1, 0.15) is 74.9 Å². The molecular formula is C55H54N8O6. The van der Waals surface area contributed by atoms with Crippen molar-refractivity contribution >= 4 is 67.6 Å². The van der Waals surface area contributed by atoms with E-state index >= 15 is 0 Å². The van der Waals surface area contributed by atoms with Crippen molar-refractivity contribution in [3.63, 3.8) is 0 Å². The first-order valence-electron chi connectivity index (χ1n) is 23.8. The third-order valence-electron chi connectivity index (χ3n) is 15.2. The Labute approximate surface area is 398 Å². The lowest BCUT2D eigenvalue weighted by molar-refractivity contribution is -0.138. The van der Waals surface area contributed by atoms with Crippen LogP contribution in [0.4, 0.5) is 9.59 Å². The van der Waals surface area contributed by atoms with Gasteiger partial charge < -0.3 is 39.9 Å². The fourth-order valence-corrected chi connectivity index (χ4v) is 11.7. The summed E-state index contributed by atoms with van der Waals surface area (Å²) in [6.07, 6.45) is 9.47. The van der Waals surface area contributed by atoms with Crippen molar-refractivity contribution in [2.24, 2.45) is 17.8 Å². The Hall–Kier alpha value is -7.74. The molecule has 4 N–H and O–H groups in total. The zero-order valence-electron chi connectivity index (χ0n) is 38.9. The van der Waals surface area contributed by atoms with E-state index in [2.05, 4.69) is 88.7 Å². The second-order valence-corrected chi connectivity index (χ2v) is 19.0. The number of imidazole rings is 2. The van der Waals surface area contributed by atoms with Crippen LogP contribution in [0.2, 0.25) is 0 Å². The number of carbonyl (C=O) groups excluding carboxylic acids is 4. The minimum Gasteiger partial charge on any atom is -0.453 e. The van der Waals surface area contributed by atoms with Crippen molar-refractivity contribution in [2.45, 2.75) is 75.8 Å². The number of benzene rings is 5. The molecule has 350 valence electrons. The van der Waals surface area contributed by atoms with Crippen LogP contribution in [0.25, 0.3) is 54.7 Å². The maximum Gasteiger partial charge on any atom is 0.407 e. The van der Waals surface area contributed by atoms with E-state index in [4.69, 9.17) is 19.4 Å². The van der Waals surface area contributed by atoms with E-state index in [-0.39, 0.29) is 41.9 Å². The fourth-order valence-electron chi connectivity index (χ4n) is 11.7. The van der Waals surface area contributed by atoms with Gasteiger partial charge >= 0.3 is 12.2 Å². The highest BCUT2D eigenvalue weighted by atomic mass is 16.5. The number of ether oxygens (including phenoxy) is 2. The summed E-state index contributed by atoms with van der Waals surface area (Å²) < 4.78 is 9.84. The predicted molar refractivity (Wildman–Crippen MR) is 265 cm³/mol. The number of aromatic nitrogens is 4. The summed E-state index contributed by atoms with van der Waals surface area (Å²) in [6, 6.07) is 28.2. The van der Waals surface area contributed by atoms with Gasteiger partial charge in [-0.25, -0.2) is 19.6 Å². The molecule has 0 spiro atoms. The Kier molecular flexibility index (Phi) is 11.1. The van der Waals surface area contributed by atoms with Crippen LogP contribution in [0.5, 0.6) is 0 Å². The van der Waals surface area contributed by atoms with Gasteiger partial charge in [0.05, 0.1) is 48.4 Å². The number of aromatic amines is 2. The molecule has 4 amide bonds. The van der Waals surface area contributed by atoms with Gasteiger partial charge in [0.15, 0.2) is 0 Å². The number of nitrogens with zero attached hydrogens (tertiary/aromatic N) is 4. The molecule has 0 radical (unpaired) electrons. The molecule has 2 aromatic heterocycles. The molecule has 4 aliphatic rings. The molecule has 2 saturated heterocycles. The van der Waals surface area contributed by atoms with Crippen molar-refractivity contribution in [3.05, 3.63) is 145 Å². The van der Waals surface area contributed by atoms with Crippen LogP contribution in [0, 0.1) is 17.8 Å². The number of amides is 4. The van der Waals surface area contributed by atoms with Gasteiger partial charge in [0.1, 0.15) is 23.7 Å². The molecule has 4 fully saturated rings. The zero-order valence-corrected chi connectivity index (χ0v) is 38.9. The van der Waals surface area contributed by atoms with Crippen LogP contribution < -0.4 is 10.6 Å².